The normalized spacial score (nSPS) is 7.80. The molecule has 0 fully saturated rings. The van der Waals surface area contributed by atoms with Gasteiger partial charge in [0.25, 0.3) is 8.64 Å². The zero-order valence-electron chi connectivity index (χ0n) is 9.12. The molecule has 0 saturated carbocycles. The van der Waals surface area contributed by atoms with Gasteiger partial charge in [-0.2, -0.15) is 0 Å². The molecule has 0 saturated heterocycles. The molecule has 1 rings (SSSR count). The zero-order valence-corrected chi connectivity index (χ0v) is 10.1. The van der Waals surface area contributed by atoms with Crippen molar-refractivity contribution in [1.29, 1.82) is 0 Å². The fourth-order valence-electron chi connectivity index (χ4n) is 1.06. The Morgan fingerprint density at radius 2 is 1.53 bits per heavy atom. The Balaban J connectivity index is -0.000000480. The molecular weight excluding hydrogens is 212 g/mol. The van der Waals surface area contributed by atoms with E-state index in [4.69, 9.17) is 4.43 Å². The molecule has 1 aromatic heterocycles. The minimum atomic E-state index is -0.721. The van der Waals surface area contributed by atoms with Gasteiger partial charge in [-0.15, -0.1) is 0 Å². The van der Waals surface area contributed by atoms with Gasteiger partial charge in [-0.05, 0) is 17.8 Å². The van der Waals surface area contributed by atoms with Crippen LogP contribution in [0.4, 0.5) is 0 Å². The number of hydrogen-bond acceptors (Lipinski definition) is 1. The largest absolute Gasteiger partial charge is 0.547 e. The molecule has 0 aliphatic rings. The first-order valence-electron chi connectivity index (χ1n) is 4.61. The van der Waals surface area contributed by atoms with E-state index >= 15 is 0 Å². The summed E-state index contributed by atoms with van der Waals surface area (Å²) in [4.78, 5) is 0. The molecule has 0 aromatic carbocycles. The highest BCUT2D eigenvalue weighted by atomic mass is 28.3. The summed E-state index contributed by atoms with van der Waals surface area (Å²) in [6, 6.07) is 6.20. The Hall–Kier alpha value is -0.753. The van der Waals surface area contributed by atoms with Gasteiger partial charge in [-0.25, -0.2) is 0 Å². The van der Waals surface area contributed by atoms with E-state index in [0.29, 0.717) is 0 Å². The summed E-state index contributed by atoms with van der Waals surface area (Å²) >= 11 is 0. The molecular formula is C10H22O4Si. The van der Waals surface area contributed by atoms with Crippen LogP contribution in [0, 0.1) is 0 Å². The maximum absolute atomic E-state index is 5.69. The van der Waals surface area contributed by atoms with Crippen molar-refractivity contribution in [2.75, 3.05) is 6.61 Å². The molecule has 0 aliphatic carbocycles. The van der Waals surface area contributed by atoms with Gasteiger partial charge in [-0.3, -0.25) is 0 Å². The molecule has 1 heterocycles. The van der Waals surface area contributed by atoms with Crippen molar-refractivity contribution in [3.8, 4) is 0 Å². The van der Waals surface area contributed by atoms with Gasteiger partial charge in [0.15, 0.2) is 0 Å². The predicted molar refractivity (Wildman–Crippen MR) is 64.2 cm³/mol. The second kappa shape index (κ2) is 13.2. The smallest absolute Gasteiger partial charge is 0.261 e. The summed E-state index contributed by atoms with van der Waals surface area (Å²) < 4.78 is 5.69. The van der Waals surface area contributed by atoms with Crippen LogP contribution in [0.15, 0.2) is 29.6 Å². The monoisotopic (exact) mass is 234 g/mol. The van der Waals surface area contributed by atoms with Crippen molar-refractivity contribution in [3.63, 3.8) is 0 Å². The highest BCUT2D eigenvalue weighted by molar-refractivity contribution is 6.43. The van der Waals surface area contributed by atoms with E-state index < -0.39 is 8.64 Å². The predicted octanol–water partition coefficient (Wildman–Crippen LogP) is -0.143. The van der Waals surface area contributed by atoms with Crippen LogP contribution < -0.4 is 4.43 Å². The van der Waals surface area contributed by atoms with E-state index in [2.05, 4.69) is 30.4 Å². The van der Waals surface area contributed by atoms with Crippen LogP contribution in [-0.2, 0) is 0 Å². The van der Waals surface area contributed by atoms with E-state index in [9.17, 15) is 0 Å². The third-order valence-corrected chi connectivity index (χ3v) is 3.34. The van der Waals surface area contributed by atoms with E-state index in [1.54, 1.807) is 0 Å². The van der Waals surface area contributed by atoms with Crippen LogP contribution in [0.2, 0.25) is 0 Å². The second-order valence-corrected chi connectivity index (χ2v) is 4.63. The zero-order chi connectivity index (χ0) is 8.65. The van der Waals surface area contributed by atoms with Gasteiger partial charge in [0.05, 0.1) is 6.61 Å². The van der Waals surface area contributed by atoms with Crippen LogP contribution in [0.25, 0.3) is 0 Å². The molecule has 0 aliphatic heterocycles. The highest BCUT2D eigenvalue weighted by Gasteiger charge is 1.91. The fraction of sp³-hybridized carbons (Fsp3) is 0.500. The fourth-order valence-corrected chi connectivity index (χ4v) is 2.34. The lowest BCUT2D eigenvalue weighted by atomic mass is 10.3. The van der Waals surface area contributed by atoms with Crippen molar-refractivity contribution in [2.45, 2.75) is 26.2 Å². The summed E-state index contributed by atoms with van der Waals surface area (Å²) in [5.41, 5.74) is 4.35. The minimum Gasteiger partial charge on any atom is -0.547 e. The lowest BCUT2D eigenvalue weighted by Gasteiger charge is -2.03. The SMILES string of the molecule is CCCCCO[si]1ccccc1.O.O.O. The lowest BCUT2D eigenvalue weighted by Crippen LogP contribution is -2.13. The van der Waals surface area contributed by atoms with Gasteiger partial charge >= 0.3 is 0 Å². The molecule has 5 heteroatoms. The average molecular weight is 234 g/mol. The van der Waals surface area contributed by atoms with Gasteiger partial charge in [0, 0.05) is 0 Å². The first-order valence-corrected chi connectivity index (χ1v) is 6.17. The topological polar surface area (TPSA) is 104 Å². The van der Waals surface area contributed by atoms with Crippen LogP contribution in [0.5, 0.6) is 0 Å². The highest BCUT2D eigenvalue weighted by Crippen LogP contribution is 1.92. The van der Waals surface area contributed by atoms with Crippen LogP contribution >= 0.6 is 0 Å². The van der Waals surface area contributed by atoms with Crippen LogP contribution in [-0.4, -0.2) is 31.7 Å². The second-order valence-electron chi connectivity index (χ2n) is 2.87. The van der Waals surface area contributed by atoms with Gasteiger partial charge in [0.2, 0.25) is 0 Å². The van der Waals surface area contributed by atoms with Crippen molar-refractivity contribution < 1.29 is 20.9 Å². The molecule has 0 spiro atoms. The molecule has 6 N–H and O–H groups in total. The number of rotatable bonds is 5. The Morgan fingerprint density at radius 3 is 2.07 bits per heavy atom. The summed E-state index contributed by atoms with van der Waals surface area (Å²) in [5, 5.41) is 0. The lowest BCUT2D eigenvalue weighted by molar-refractivity contribution is 0.384. The van der Waals surface area contributed by atoms with E-state index in [-0.39, 0.29) is 16.4 Å². The Kier molecular flexibility index (Phi) is 17.5. The van der Waals surface area contributed by atoms with Crippen molar-refractivity contribution in [2.24, 2.45) is 0 Å². The van der Waals surface area contributed by atoms with Crippen molar-refractivity contribution in [3.05, 3.63) is 29.6 Å². The van der Waals surface area contributed by atoms with Crippen LogP contribution in [0.3, 0.4) is 0 Å². The molecule has 0 bridgehead atoms. The maximum Gasteiger partial charge on any atom is 0.261 e. The van der Waals surface area contributed by atoms with Gasteiger partial charge in [-0.1, -0.05) is 38.0 Å². The average Bonchev–Trinajstić information content (AvgIpc) is 2.14. The molecule has 90 valence electrons. The molecule has 0 unspecified atom stereocenters. The third-order valence-electron chi connectivity index (χ3n) is 1.76. The number of hydrogen-bond donors (Lipinski definition) is 0. The minimum absolute atomic E-state index is 0. The molecule has 0 atom stereocenters. The molecule has 0 radical (unpaired) electrons. The number of unbranched alkanes of at least 4 members (excludes halogenated alkanes) is 2. The van der Waals surface area contributed by atoms with Crippen molar-refractivity contribution in [1.82, 2.24) is 0 Å². The molecule has 15 heavy (non-hydrogen) atoms. The third kappa shape index (κ3) is 9.55. The summed E-state index contributed by atoms with van der Waals surface area (Å²) in [5.74, 6) is 0. The summed E-state index contributed by atoms with van der Waals surface area (Å²) in [6.45, 7) is 3.14. The first kappa shape index (κ1) is 19.8. The standard InChI is InChI=1S/C10H16OSi.3H2O/c1-2-3-5-8-11-12-9-6-4-7-10-12;;;/h4,6-7,9-10H,2-3,5,8H2,1H3;3*1H2. The van der Waals surface area contributed by atoms with Crippen LogP contribution in [0.1, 0.15) is 26.2 Å². The van der Waals surface area contributed by atoms with E-state index in [1.807, 2.05) is 6.07 Å². The van der Waals surface area contributed by atoms with Gasteiger partial charge in [0.1, 0.15) is 0 Å². The van der Waals surface area contributed by atoms with Crippen molar-refractivity contribution >= 4 is 8.64 Å². The molecule has 1 aromatic rings. The van der Waals surface area contributed by atoms with Gasteiger partial charge < -0.3 is 20.9 Å². The molecule has 4 nitrogen and oxygen atoms in total. The van der Waals surface area contributed by atoms with E-state index in [0.717, 1.165) is 6.61 Å². The Labute approximate surface area is 92.5 Å². The van der Waals surface area contributed by atoms with E-state index in [1.165, 1.54) is 19.3 Å². The quantitative estimate of drug-likeness (QED) is 0.513. The maximum atomic E-state index is 5.69. The molecule has 0 amide bonds. The summed E-state index contributed by atoms with van der Waals surface area (Å²) in [7, 11) is -0.721. The Bertz CT molecular complexity index is 206. The summed E-state index contributed by atoms with van der Waals surface area (Å²) in [6.07, 6.45) is 3.76. The first-order chi connectivity index (χ1) is 5.93. The Morgan fingerprint density at radius 1 is 0.933 bits per heavy atom.